The van der Waals surface area contributed by atoms with Gasteiger partial charge in [0.2, 0.25) is 5.89 Å². The molecule has 0 saturated carbocycles. The largest absolute Gasteiger partial charge is 0.473 e. The molecule has 0 bridgehead atoms. The summed E-state index contributed by atoms with van der Waals surface area (Å²) in [6.45, 7) is 4.94. The van der Waals surface area contributed by atoms with E-state index in [0.717, 1.165) is 31.3 Å². The van der Waals surface area contributed by atoms with Crippen molar-refractivity contribution in [3.05, 3.63) is 34.1 Å². The Labute approximate surface area is 130 Å². The van der Waals surface area contributed by atoms with E-state index in [-0.39, 0.29) is 0 Å². The number of nitrogens with zero attached hydrogens (tertiary/aromatic N) is 3. The summed E-state index contributed by atoms with van der Waals surface area (Å²) >= 11 is 1.75. The van der Waals surface area contributed by atoms with Gasteiger partial charge in [-0.25, -0.2) is 9.59 Å². The lowest BCUT2D eigenvalue weighted by atomic mass is 10.00. The van der Waals surface area contributed by atoms with Gasteiger partial charge in [0.15, 0.2) is 5.82 Å². The van der Waals surface area contributed by atoms with E-state index in [1.165, 1.54) is 5.56 Å². The van der Waals surface area contributed by atoms with E-state index in [4.69, 9.17) is 24.3 Å². The van der Waals surface area contributed by atoms with Crippen molar-refractivity contribution in [2.24, 2.45) is 0 Å². The van der Waals surface area contributed by atoms with Gasteiger partial charge in [0.1, 0.15) is 0 Å². The molecule has 0 unspecified atom stereocenters. The molecule has 0 atom stereocenters. The van der Waals surface area contributed by atoms with Crippen LogP contribution in [0, 0.1) is 6.92 Å². The molecule has 1 fully saturated rings. The zero-order valence-corrected chi connectivity index (χ0v) is 12.6. The molecular weight excluding hydrogens is 310 g/mol. The van der Waals surface area contributed by atoms with E-state index in [1.54, 1.807) is 11.3 Å². The van der Waals surface area contributed by atoms with Crippen molar-refractivity contribution >= 4 is 23.3 Å². The fourth-order valence-electron chi connectivity index (χ4n) is 1.97. The van der Waals surface area contributed by atoms with Crippen LogP contribution in [0.1, 0.15) is 23.2 Å². The van der Waals surface area contributed by atoms with Crippen LogP contribution in [0.2, 0.25) is 0 Å². The maximum Gasteiger partial charge on any atom is 0.414 e. The lowest BCUT2D eigenvalue weighted by Crippen LogP contribution is -2.44. The zero-order valence-electron chi connectivity index (χ0n) is 11.8. The Morgan fingerprint density at radius 2 is 2.09 bits per heavy atom. The third-order valence-corrected chi connectivity index (χ3v) is 3.75. The van der Waals surface area contributed by atoms with E-state index in [0.29, 0.717) is 5.92 Å². The van der Waals surface area contributed by atoms with Crippen LogP contribution in [0.3, 0.4) is 0 Å². The molecule has 1 aliphatic rings. The number of aromatic nitrogens is 2. The van der Waals surface area contributed by atoms with E-state index < -0.39 is 11.9 Å². The number of carboxylic acids is 2. The second-order valence-corrected chi connectivity index (χ2v) is 5.59. The van der Waals surface area contributed by atoms with Crippen LogP contribution in [0.5, 0.6) is 0 Å². The molecule has 3 rings (SSSR count). The highest BCUT2D eigenvalue weighted by Gasteiger charge is 2.32. The third kappa shape index (κ3) is 4.37. The van der Waals surface area contributed by atoms with Gasteiger partial charge in [-0.15, -0.1) is 0 Å². The fourth-order valence-corrected chi connectivity index (χ4v) is 2.63. The molecule has 2 aromatic rings. The van der Waals surface area contributed by atoms with Gasteiger partial charge in [-0.2, -0.15) is 16.3 Å². The standard InChI is InChI=1S/C11H13N3OS.C2H2O4/c1-8-12-11(15-13-8)10-5-14(6-10)4-9-2-3-16-7-9;3-1(4)2(5)6/h2-3,7,10H,4-6H2,1H3;(H,3,4)(H,5,6). The molecule has 1 saturated heterocycles. The molecule has 2 aromatic heterocycles. The van der Waals surface area contributed by atoms with Crippen LogP contribution >= 0.6 is 11.3 Å². The van der Waals surface area contributed by atoms with Gasteiger partial charge in [-0.1, -0.05) is 5.16 Å². The Morgan fingerprint density at radius 3 is 2.55 bits per heavy atom. The minimum Gasteiger partial charge on any atom is -0.473 e. The highest BCUT2D eigenvalue weighted by atomic mass is 32.1. The minimum atomic E-state index is -1.82. The van der Waals surface area contributed by atoms with Crippen LogP contribution in [-0.4, -0.2) is 50.3 Å². The van der Waals surface area contributed by atoms with Crippen molar-refractivity contribution in [3.8, 4) is 0 Å². The van der Waals surface area contributed by atoms with Crippen LogP contribution in [-0.2, 0) is 16.1 Å². The molecule has 0 aromatic carbocycles. The van der Waals surface area contributed by atoms with Crippen LogP contribution in [0.25, 0.3) is 0 Å². The van der Waals surface area contributed by atoms with Crippen molar-refractivity contribution in [1.29, 1.82) is 0 Å². The van der Waals surface area contributed by atoms with Crippen molar-refractivity contribution in [2.75, 3.05) is 13.1 Å². The summed E-state index contributed by atoms with van der Waals surface area (Å²) in [7, 11) is 0. The molecule has 0 amide bonds. The third-order valence-electron chi connectivity index (χ3n) is 3.02. The van der Waals surface area contributed by atoms with Gasteiger partial charge in [0, 0.05) is 19.6 Å². The summed E-state index contributed by atoms with van der Waals surface area (Å²) in [4.78, 5) is 24.9. The predicted molar refractivity (Wildman–Crippen MR) is 76.6 cm³/mol. The first-order valence-electron chi connectivity index (χ1n) is 6.45. The van der Waals surface area contributed by atoms with E-state index in [9.17, 15) is 0 Å². The first kappa shape index (κ1) is 16.1. The second kappa shape index (κ2) is 7.14. The van der Waals surface area contributed by atoms with Crippen molar-refractivity contribution in [2.45, 2.75) is 19.4 Å². The summed E-state index contributed by atoms with van der Waals surface area (Å²) in [5, 5.41) is 22.9. The number of carbonyl (C=O) groups is 2. The average Bonchev–Trinajstić information content (AvgIpc) is 3.05. The lowest BCUT2D eigenvalue weighted by Gasteiger charge is -2.36. The zero-order chi connectivity index (χ0) is 16.1. The smallest absolute Gasteiger partial charge is 0.414 e. The molecule has 9 heteroatoms. The second-order valence-electron chi connectivity index (χ2n) is 4.81. The Balaban J connectivity index is 0.000000254. The Bertz CT molecular complexity index is 622. The molecular formula is C13H15N3O5S. The molecule has 118 valence electrons. The van der Waals surface area contributed by atoms with Gasteiger partial charge < -0.3 is 14.7 Å². The van der Waals surface area contributed by atoms with E-state index >= 15 is 0 Å². The summed E-state index contributed by atoms with van der Waals surface area (Å²) in [5.74, 6) is -1.70. The van der Waals surface area contributed by atoms with Crippen molar-refractivity contribution in [1.82, 2.24) is 15.0 Å². The quantitative estimate of drug-likeness (QED) is 0.808. The molecule has 22 heavy (non-hydrogen) atoms. The number of likely N-dealkylation sites (tertiary alicyclic amines) is 1. The minimum absolute atomic E-state index is 0.430. The molecule has 0 aliphatic carbocycles. The van der Waals surface area contributed by atoms with Gasteiger partial charge in [-0.3, -0.25) is 4.90 Å². The highest BCUT2D eigenvalue weighted by Crippen LogP contribution is 2.27. The first-order valence-corrected chi connectivity index (χ1v) is 7.40. The number of hydrogen-bond donors (Lipinski definition) is 2. The summed E-state index contributed by atoms with van der Waals surface area (Å²) in [6, 6.07) is 2.18. The lowest BCUT2D eigenvalue weighted by molar-refractivity contribution is -0.159. The SMILES string of the molecule is Cc1noc(C2CN(Cc3ccsc3)C2)n1.O=C(O)C(=O)O. The van der Waals surface area contributed by atoms with Gasteiger partial charge in [0.25, 0.3) is 0 Å². The van der Waals surface area contributed by atoms with Crippen LogP contribution in [0.15, 0.2) is 21.3 Å². The number of hydrogen-bond acceptors (Lipinski definition) is 7. The molecule has 0 radical (unpaired) electrons. The predicted octanol–water partition coefficient (Wildman–Crippen LogP) is 1.19. The maximum absolute atomic E-state index is 9.10. The maximum atomic E-state index is 9.10. The van der Waals surface area contributed by atoms with Crippen LogP contribution in [0.4, 0.5) is 0 Å². The van der Waals surface area contributed by atoms with Crippen LogP contribution < -0.4 is 0 Å². The van der Waals surface area contributed by atoms with E-state index in [1.807, 2.05) is 6.92 Å². The van der Waals surface area contributed by atoms with Gasteiger partial charge in [-0.05, 0) is 29.3 Å². The first-order chi connectivity index (χ1) is 10.5. The van der Waals surface area contributed by atoms with Crippen molar-refractivity contribution < 1.29 is 24.3 Å². The monoisotopic (exact) mass is 325 g/mol. The van der Waals surface area contributed by atoms with Crippen molar-refractivity contribution in [3.63, 3.8) is 0 Å². The number of thiophene rings is 1. The Hall–Kier alpha value is -2.26. The normalized spacial score (nSPS) is 14.8. The van der Waals surface area contributed by atoms with Gasteiger partial charge >= 0.3 is 11.9 Å². The molecule has 3 heterocycles. The average molecular weight is 325 g/mol. The number of rotatable bonds is 3. The fraction of sp³-hybridized carbons (Fsp3) is 0.385. The highest BCUT2D eigenvalue weighted by molar-refractivity contribution is 7.07. The van der Waals surface area contributed by atoms with E-state index in [2.05, 4.69) is 31.9 Å². The summed E-state index contributed by atoms with van der Waals surface area (Å²) in [6.07, 6.45) is 0. The molecule has 1 aliphatic heterocycles. The molecule has 2 N–H and O–H groups in total. The van der Waals surface area contributed by atoms with Gasteiger partial charge in [0.05, 0.1) is 5.92 Å². The Kier molecular flexibility index (Phi) is 5.23. The topological polar surface area (TPSA) is 117 Å². The summed E-state index contributed by atoms with van der Waals surface area (Å²) < 4.78 is 5.17. The molecule has 0 spiro atoms. The Morgan fingerprint density at radius 1 is 1.41 bits per heavy atom. The number of aryl methyl sites for hydroxylation is 1. The number of aliphatic carboxylic acids is 2. The number of carboxylic acid groups (broad SMARTS) is 2. The summed E-state index contributed by atoms with van der Waals surface area (Å²) in [5.41, 5.74) is 1.39. The molecule has 8 nitrogen and oxygen atoms in total.